The molecule has 32 heavy (non-hydrogen) atoms. The molecule has 0 atom stereocenters. The van der Waals surface area contributed by atoms with E-state index < -0.39 is 5.82 Å². The Morgan fingerprint density at radius 3 is 2.72 bits per heavy atom. The average molecular weight is 549 g/mol. The Morgan fingerprint density at radius 2 is 1.97 bits per heavy atom. The van der Waals surface area contributed by atoms with E-state index in [4.69, 9.17) is 28.6 Å². The normalized spacial score (nSPS) is 15.0. The third kappa shape index (κ3) is 4.91. The van der Waals surface area contributed by atoms with E-state index in [2.05, 4.69) is 15.9 Å². The van der Waals surface area contributed by atoms with E-state index in [9.17, 15) is 9.18 Å². The highest BCUT2D eigenvalue weighted by Gasteiger charge is 2.33. The first-order chi connectivity index (χ1) is 15.3. The van der Waals surface area contributed by atoms with Gasteiger partial charge in [-0.25, -0.2) is 4.39 Å². The molecule has 162 valence electrons. The van der Waals surface area contributed by atoms with Crippen LogP contribution in [0.2, 0.25) is 5.02 Å². The lowest BCUT2D eigenvalue weighted by atomic mass is 10.1. The minimum absolute atomic E-state index is 0.0434. The predicted octanol–water partition coefficient (Wildman–Crippen LogP) is 7.53. The summed E-state index contributed by atoms with van der Waals surface area (Å²) in [4.78, 5) is 15.1. The van der Waals surface area contributed by atoms with E-state index in [0.29, 0.717) is 25.6 Å². The second-order valence-electron chi connectivity index (χ2n) is 7.03. The fraction of sp³-hybridized carbons (Fsp3) is 0.0833. The fourth-order valence-corrected chi connectivity index (χ4v) is 5.07. The quantitative estimate of drug-likeness (QED) is 0.243. The predicted molar refractivity (Wildman–Crippen MR) is 137 cm³/mol. The number of amides is 1. The van der Waals surface area contributed by atoms with Gasteiger partial charge in [-0.05, 0) is 61.0 Å². The maximum atomic E-state index is 14.1. The van der Waals surface area contributed by atoms with Crippen LogP contribution in [-0.2, 0) is 11.4 Å². The summed E-state index contributed by atoms with van der Waals surface area (Å²) in [5.74, 6) is -0.141. The highest BCUT2D eigenvalue weighted by molar-refractivity contribution is 9.10. The third-order valence-corrected chi connectivity index (χ3v) is 6.90. The molecule has 1 saturated heterocycles. The van der Waals surface area contributed by atoms with E-state index in [1.165, 1.54) is 22.7 Å². The minimum Gasteiger partial charge on any atom is -0.488 e. The number of hydrogen-bond acceptors (Lipinski definition) is 4. The van der Waals surface area contributed by atoms with Crippen LogP contribution in [0.15, 0.2) is 70.0 Å². The molecule has 0 bridgehead atoms. The second kappa shape index (κ2) is 9.75. The number of anilines is 1. The summed E-state index contributed by atoms with van der Waals surface area (Å²) in [5, 5.41) is 0.294. The van der Waals surface area contributed by atoms with Crippen LogP contribution >= 0.6 is 51.5 Å². The molecular formula is C24H16BrClFNO2S2. The van der Waals surface area contributed by atoms with Gasteiger partial charge in [0, 0.05) is 15.6 Å². The van der Waals surface area contributed by atoms with Crippen LogP contribution in [0.5, 0.6) is 5.75 Å². The first-order valence-corrected chi connectivity index (χ1v) is 11.9. The molecule has 1 aliphatic rings. The molecule has 4 rings (SSSR count). The molecule has 3 aromatic rings. The summed E-state index contributed by atoms with van der Waals surface area (Å²) in [6.07, 6.45) is 1.73. The number of nitrogens with zero attached hydrogens (tertiary/aromatic N) is 1. The van der Waals surface area contributed by atoms with Crippen molar-refractivity contribution in [3.8, 4) is 5.75 Å². The molecule has 3 nitrogen and oxygen atoms in total. The van der Waals surface area contributed by atoms with Crippen LogP contribution in [0.1, 0.15) is 16.7 Å². The molecule has 0 radical (unpaired) electrons. The van der Waals surface area contributed by atoms with E-state index in [-0.39, 0.29) is 18.1 Å². The Morgan fingerprint density at radius 1 is 1.19 bits per heavy atom. The van der Waals surface area contributed by atoms with Crippen molar-refractivity contribution >= 4 is 73.5 Å². The van der Waals surface area contributed by atoms with Crippen molar-refractivity contribution in [2.24, 2.45) is 0 Å². The van der Waals surface area contributed by atoms with Crippen molar-refractivity contribution in [2.75, 3.05) is 4.90 Å². The highest BCUT2D eigenvalue weighted by Crippen LogP contribution is 2.38. The lowest BCUT2D eigenvalue weighted by Gasteiger charge is -2.15. The number of thiocarbonyl (C=S) groups is 1. The van der Waals surface area contributed by atoms with Gasteiger partial charge in [-0.3, -0.25) is 9.69 Å². The molecule has 1 amide bonds. The van der Waals surface area contributed by atoms with Gasteiger partial charge in [0.25, 0.3) is 5.91 Å². The summed E-state index contributed by atoms with van der Waals surface area (Å²) in [6, 6.07) is 17.5. The first kappa shape index (κ1) is 23.0. The van der Waals surface area contributed by atoms with Crippen LogP contribution in [0.3, 0.4) is 0 Å². The van der Waals surface area contributed by atoms with Gasteiger partial charge in [-0.15, -0.1) is 0 Å². The number of rotatable bonds is 5. The second-order valence-corrected chi connectivity index (χ2v) is 10.0. The number of carbonyl (C=O) groups is 1. The standard InChI is InChI=1S/C24H16BrClFNO2S2/c1-14-4-2-5-17(10-14)28-23(29)22(32-24(28)31)12-15-11-16(25)8-9-21(15)30-13-18-19(26)6-3-7-20(18)27/h2-12H,13H2,1H3/b22-12+. The van der Waals surface area contributed by atoms with Gasteiger partial charge in [0.1, 0.15) is 18.2 Å². The molecule has 1 fully saturated rings. The molecule has 1 heterocycles. The zero-order valence-corrected chi connectivity index (χ0v) is 20.7. The van der Waals surface area contributed by atoms with Gasteiger partial charge in [0.05, 0.1) is 15.6 Å². The largest absolute Gasteiger partial charge is 0.488 e. The van der Waals surface area contributed by atoms with Gasteiger partial charge >= 0.3 is 0 Å². The molecule has 0 N–H and O–H groups in total. The smallest absolute Gasteiger partial charge is 0.270 e. The number of aryl methyl sites for hydroxylation is 1. The molecule has 8 heteroatoms. The van der Waals surface area contributed by atoms with Crippen molar-refractivity contribution < 1.29 is 13.9 Å². The zero-order chi connectivity index (χ0) is 22.8. The number of ether oxygens (including phenoxy) is 1. The molecule has 1 aliphatic heterocycles. The van der Waals surface area contributed by atoms with E-state index in [0.717, 1.165) is 15.7 Å². The number of halogens is 3. The number of thioether (sulfide) groups is 1. The van der Waals surface area contributed by atoms with Crippen molar-refractivity contribution in [2.45, 2.75) is 13.5 Å². The number of carbonyl (C=O) groups excluding carboxylic acids is 1. The summed E-state index contributed by atoms with van der Waals surface area (Å²) < 4.78 is 21.3. The fourth-order valence-electron chi connectivity index (χ4n) is 3.18. The molecule has 0 aliphatic carbocycles. The van der Waals surface area contributed by atoms with Gasteiger partial charge < -0.3 is 4.74 Å². The number of benzene rings is 3. The maximum absolute atomic E-state index is 14.1. The lowest BCUT2D eigenvalue weighted by Crippen LogP contribution is -2.27. The topological polar surface area (TPSA) is 29.5 Å². The molecule has 3 aromatic carbocycles. The summed E-state index contributed by atoms with van der Waals surface area (Å²) in [7, 11) is 0. The first-order valence-electron chi connectivity index (χ1n) is 9.53. The molecule has 0 aromatic heterocycles. The summed E-state index contributed by atoms with van der Waals surface area (Å²) in [6.45, 7) is 1.92. The van der Waals surface area contributed by atoms with Crippen LogP contribution in [-0.4, -0.2) is 10.2 Å². The van der Waals surface area contributed by atoms with Crippen molar-refractivity contribution in [3.05, 3.63) is 97.6 Å². The molecule has 0 spiro atoms. The average Bonchev–Trinajstić information content (AvgIpc) is 3.02. The Balaban J connectivity index is 1.63. The highest BCUT2D eigenvalue weighted by atomic mass is 79.9. The Kier molecular flexibility index (Phi) is 7.00. The van der Waals surface area contributed by atoms with Crippen molar-refractivity contribution in [1.82, 2.24) is 0 Å². The van der Waals surface area contributed by atoms with Crippen molar-refractivity contribution in [3.63, 3.8) is 0 Å². The van der Waals surface area contributed by atoms with Crippen molar-refractivity contribution in [1.29, 1.82) is 0 Å². The Labute approximate surface area is 208 Å². The Hall–Kier alpha value is -2.19. The van der Waals surface area contributed by atoms with Crippen LogP contribution in [0, 0.1) is 12.7 Å². The third-order valence-electron chi connectivity index (χ3n) is 4.75. The summed E-state index contributed by atoms with van der Waals surface area (Å²) >= 11 is 16.3. The van der Waals surface area contributed by atoms with Gasteiger partial charge in [-0.1, -0.05) is 69.7 Å². The van der Waals surface area contributed by atoms with Crippen LogP contribution < -0.4 is 9.64 Å². The molecule has 0 saturated carbocycles. The van der Waals surface area contributed by atoms with Gasteiger partial charge in [0.2, 0.25) is 0 Å². The monoisotopic (exact) mass is 547 g/mol. The maximum Gasteiger partial charge on any atom is 0.270 e. The van der Waals surface area contributed by atoms with Gasteiger partial charge in [0.15, 0.2) is 4.32 Å². The molecular weight excluding hydrogens is 533 g/mol. The zero-order valence-electron chi connectivity index (χ0n) is 16.8. The van der Waals surface area contributed by atoms with Gasteiger partial charge in [-0.2, -0.15) is 0 Å². The molecule has 0 unspecified atom stereocenters. The SMILES string of the molecule is Cc1cccc(N2C(=O)/C(=C\c3cc(Br)ccc3OCc3c(F)cccc3Cl)SC2=S)c1. The van der Waals surface area contributed by atoms with E-state index in [1.807, 2.05) is 43.3 Å². The minimum atomic E-state index is -0.435. The van der Waals surface area contributed by atoms with Crippen LogP contribution in [0.4, 0.5) is 10.1 Å². The Bertz CT molecular complexity index is 1240. The number of hydrogen-bond donors (Lipinski definition) is 0. The summed E-state index contributed by atoms with van der Waals surface area (Å²) in [5.41, 5.74) is 2.70. The lowest BCUT2D eigenvalue weighted by molar-refractivity contribution is -0.113. The van der Waals surface area contributed by atoms with E-state index >= 15 is 0 Å². The van der Waals surface area contributed by atoms with Crippen LogP contribution in [0.25, 0.3) is 6.08 Å². The van der Waals surface area contributed by atoms with E-state index in [1.54, 1.807) is 24.3 Å².